The number of benzene rings is 1. The quantitative estimate of drug-likeness (QED) is 0.0174. The SMILES string of the molecule is CC[C@H](C)[C@H](NC(=O)[C@H](CCCN=C(N)N)NC(=O)[C@H](Cc1ccccc1)NC(=O)[C@H](C)NC(=O)[C@H](CC(C)C)NC(=O)[C@@H](N)CO)C(=O)N1CCC[C@H]1C(=O)N[C@@H](CS)C(=O)N[C@@H](CC(C)C)C(=O)O. The van der Waals surface area contributed by atoms with E-state index in [0.29, 0.717) is 18.4 Å². The summed E-state index contributed by atoms with van der Waals surface area (Å²) in [6.07, 6.45) is 1.51. The van der Waals surface area contributed by atoms with Crippen LogP contribution >= 0.6 is 12.6 Å². The maximum Gasteiger partial charge on any atom is 0.326 e. The minimum absolute atomic E-state index is 0.0288. The van der Waals surface area contributed by atoms with Gasteiger partial charge in [0.1, 0.15) is 54.4 Å². The number of nitrogens with one attached hydrogen (secondary N) is 7. The molecule has 0 radical (unpaired) electrons. The van der Waals surface area contributed by atoms with E-state index in [0.717, 1.165) is 0 Å². The molecular weight excluding hydrogens is 941 g/mol. The summed E-state index contributed by atoms with van der Waals surface area (Å²) in [7, 11) is 0. The number of aliphatic imine (C=N–C) groups is 1. The van der Waals surface area contributed by atoms with Gasteiger partial charge in [-0.05, 0) is 68.8 Å². The third-order valence-electron chi connectivity index (χ3n) is 11.9. The average Bonchev–Trinajstić information content (AvgIpc) is 3.82. The summed E-state index contributed by atoms with van der Waals surface area (Å²) in [5, 5.41) is 37.4. The Labute approximate surface area is 421 Å². The minimum Gasteiger partial charge on any atom is -0.480 e. The number of aliphatic carboxylic acids is 1. The number of amides is 8. The topological polar surface area (TPSA) is 372 Å². The molecule has 0 unspecified atom stereocenters. The highest BCUT2D eigenvalue weighted by atomic mass is 32.1. The van der Waals surface area contributed by atoms with Gasteiger partial charge in [0.25, 0.3) is 0 Å². The van der Waals surface area contributed by atoms with E-state index in [-0.39, 0.29) is 75.2 Å². The van der Waals surface area contributed by atoms with Crippen molar-refractivity contribution in [1.82, 2.24) is 42.1 Å². The molecule has 1 aromatic rings. The molecule has 8 amide bonds. The van der Waals surface area contributed by atoms with Crippen LogP contribution in [0.2, 0.25) is 0 Å². The van der Waals surface area contributed by atoms with Crippen LogP contribution in [-0.2, 0) is 49.6 Å². The molecule has 10 atom stereocenters. The summed E-state index contributed by atoms with van der Waals surface area (Å²) in [6.45, 7) is 11.8. The van der Waals surface area contributed by atoms with E-state index >= 15 is 0 Å². The smallest absolute Gasteiger partial charge is 0.326 e. The van der Waals surface area contributed by atoms with Crippen LogP contribution in [0.25, 0.3) is 0 Å². The highest BCUT2D eigenvalue weighted by Gasteiger charge is 2.41. The van der Waals surface area contributed by atoms with E-state index in [2.05, 4.69) is 54.8 Å². The number of carboxylic acid groups (broad SMARTS) is 1. The van der Waals surface area contributed by atoms with Crippen molar-refractivity contribution >= 4 is 71.8 Å². The second kappa shape index (κ2) is 30.7. The molecule has 23 nitrogen and oxygen atoms in total. The summed E-state index contributed by atoms with van der Waals surface area (Å²) >= 11 is 4.22. The van der Waals surface area contributed by atoms with Crippen molar-refractivity contribution in [2.45, 2.75) is 154 Å². The largest absolute Gasteiger partial charge is 0.480 e. The maximum absolute atomic E-state index is 14.5. The Balaban J connectivity index is 2.41. The molecule has 0 spiro atoms. The number of rotatable bonds is 30. The fourth-order valence-electron chi connectivity index (χ4n) is 7.69. The highest BCUT2D eigenvalue weighted by molar-refractivity contribution is 7.80. The van der Waals surface area contributed by atoms with Crippen molar-refractivity contribution in [2.75, 3.05) is 25.4 Å². The standard InChI is InChI=1S/C47H78N12O11S/c1-8-27(6)37(45(68)59-19-13-17-36(59)44(67)57-35(24-71)43(66)56-34(46(69)70)21-26(4)5)58-40(63)31(16-12-18-51-47(49)50)53-42(65)33(22-29-14-10-9-11-15-29)54-38(61)28(7)52-41(64)32(20-25(2)3)55-39(62)30(48)23-60/h9-11,14-15,25-28,30-37,60,71H,8,12-13,16-24,48H2,1-7H3,(H,52,64)(H,53,65)(H,54,61)(H,55,62)(H,56,66)(H,57,67)(H,58,63)(H,69,70)(H4,49,50,51)/t27-,28-,30-,31-,32-,33-,34-,35-,36-,37-/m0/s1. The molecule has 1 fully saturated rings. The Bertz CT molecular complexity index is 1990. The molecule has 2 rings (SSSR count). The number of guanidine groups is 1. The molecule has 1 aromatic carbocycles. The molecule has 1 aliphatic rings. The van der Waals surface area contributed by atoms with Gasteiger partial charge < -0.3 is 69.5 Å². The number of thiol groups is 1. The number of likely N-dealkylation sites (tertiary alicyclic amines) is 1. The van der Waals surface area contributed by atoms with Gasteiger partial charge in [-0.2, -0.15) is 12.6 Å². The van der Waals surface area contributed by atoms with Crippen molar-refractivity contribution < 1.29 is 53.4 Å². The highest BCUT2D eigenvalue weighted by Crippen LogP contribution is 2.22. The van der Waals surface area contributed by atoms with Crippen LogP contribution in [0.4, 0.5) is 0 Å². The van der Waals surface area contributed by atoms with E-state index in [1.165, 1.54) is 11.8 Å². The number of aliphatic hydroxyl groups is 1. The normalized spacial score (nSPS) is 17.2. The predicted molar refractivity (Wildman–Crippen MR) is 269 cm³/mol. The second-order valence-corrected chi connectivity index (χ2v) is 19.2. The molecule has 1 saturated heterocycles. The Morgan fingerprint density at radius 1 is 0.732 bits per heavy atom. The van der Waals surface area contributed by atoms with Gasteiger partial charge in [-0.25, -0.2) is 4.79 Å². The first-order chi connectivity index (χ1) is 33.4. The monoisotopic (exact) mass is 1020 g/mol. The van der Waals surface area contributed by atoms with Gasteiger partial charge in [-0.1, -0.05) is 78.3 Å². The van der Waals surface area contributed by atoms with Crippen molar-refractivity contribution in [3.63, 3.8) is 0 Å². The summed E-state index contributed by atoms with van der Waals surface area (Å²) in [6, 6.07) is -2.17. The Morgan fingerprint density at radius 3 is 1.85 bits per heavy atom. The molecular formula is C47H78N12O11S. The summed E-state index contributed by atoms with van der Waals surface area (Å²) in [5.74, 6) is -7.96. The van der Waals surface area contributed by atoms with Gasteiger partial charge in [0.2, 0.25) is 47.3 Å². The van der Waals surface area contributed by atoms with E-state index in [1.807, 2.05) is 20.8 Å². The van der Waals surface area contributed by atoms with Crippen LogP contribution in [0, 0.1) is 17.8 Å². The molecule has 24 heteroatoms. The number of nitrogens with zero attached hydrogens (tertiary/aromatic N) is 2. The summed E-state index contributed by atoms with van der Waals surface area (Å²) < 4.78 is 0. The molecule has 0 aliphatic carbocycles. The molecule has 1 heterocycles. The third-order valence-corrected chi connectivity index (χ3v) is 12.2. The Morgan fingerprint density at radius 2 is 1.28 bits per heavy atom. The van der Waals surface area contributed by atoms with E-state index < -0.39 is 120 Å². The number of aliphatic hydroxyl groups excluding tert-OH is 1. The van der Waals surface area contributed by atoms with E-state index in [4.69, 9.17) is 17.2 Å². The average molecular weight is 1020 g/mol. The van der Waals surface area contributed by atoms with Crippen molar-refractivity contribution in [2.24, 2.45) is 39.9 Å². The first kappa shape index (κ1) is 61.1. The lowest BCUT2D eigenvalue weighted by molar-refractivity contribution is -0.144. The lowest BCUT2D eigenvalue weighted by Gasteiger charge is -2.33. The Hall–Kier alpha value is -6.01. The van der Waals surface area contributed by atoms with E-state index in [9.17, 15) is 53.4 Å². The van der Waals surface area contributed by atoms with Crippen LogP contribution in [0.3, 0.4) is 0 Å². The van der Waals surface area contributed by atoms with Crippen LogP contribution in [0.5, 0.6) is 0 Å². The second-order valence-electron chi connectivity index (χ2n) is 18.8. The van der Waals surface area contributed by atoms with Crippen molar-refractivity contribution in [1.29, 1.82) is 0 Å². The number of hydrogen-bond donors (Lipinski definition) is 13. The fourth-order valence-corrected chi connectivity index (χ4v) is 7.95. The zero-order valence-corrected chi connectivity index (χ0v) is 42.8. The molecule has 0 saturated carbocycles. The van der Waals surface area contributed by atoms with Crippen LogP contribution < -0.4 is 54.4 Å². The molecule has 0 aromatic heterocycles. The fraction of sp³-hybridized carbons (Fsp3) is 0.660. The molecule has 0 bridgehead atoms. The van der Waals surface area contributed by atoms with Gasteiger partial charge in [-0.3, -0.25) is 43.3 Å². The lowest BCUT2D eigenvalue weighted by Crippen LogP contribution is -2.61. The van der Waals surface area contributed by atoms with Crippen molar-refractivity contribution in [3.05, 3.63) is 35.9 Å². The van der Waals surface area contributed by atoms with Gasteiger partial charge in [0.05, 0.1) is 6.61 Å². The maximum atomic E-state index is 14.5. The zero-order valence-electron chi connectivity index (χ0n) is 41.9. The van der Waals surface area contributed by atoms with Crippen LogP contribution in [0.15, 0.2) is 35.3 Å². The van der Waals surface area contributed by atoms with Gasteiger partial charge in [-0.15, -0.1) is 0 Å². The number of carbonyl (C=O) groups is 9. The number of hydrogen-bond acceptors (Lipinski definition) is 13. The molecule has 1 aliphatic heterocycles. The van der Waals surface area contributed by atoms with Crippen LogP contribution in [0.1, 0.15) is 99.0 Å². The molecule has 15 N–H and O–H groups in total. The number of carbonyl (C=O) groups excluding carboxylic acids is 8. The predicted octanol–water partition coefficient (Wildman–Crippen LogP) is -1.84. The number of nitrogens with two attached hydrogens (primary N) is 3. The third kappa shape index (κ3) is 20.7. The first-order valence-electron chi connectivity index (χ1n) is 24.2. The lowest BCUT2D eigenvalue weighted by atomic mass is 9.96. The first-order valence-corrected chi connectivity index (χ1v) is 24.8. The van der Waals surface area contributed by atoms with Gasteiger partial charge in [0, 0.05) is 25.3 Å². The number of carboxylic acids is 1. The van der Waals surface area contributed by atoms with Gasteiger partial charge in [0.15, 0.2) is 5.96 Å². The van der Waals surface area contributed by atoms with Crippen LogP contribution in [-0.4, -0.2) is 154 Å². The van der Waals surface area contributed by atoms with Gasteiger partial charge >= 0.3 is 5.97 Å². The zero-order chi connectivity index (χ0) is 53.5. The molecule has 398 valence electrons. The summed E-state index contributed by atoms with van der Waals surface area (Å²) in [5.41, 5.74) is 17.4. The molecule has 71 heavy (non-hydrogen) atoms. The minimum atomic E-state index is -1.31. The summed E-state index contributed by atoms with van der Waals surface area (Å²) in [4.78, 5) is 127. The Kier molecular flexibility index (Phi) is 26.4. The van der Waals surface area contributed by atoms with Crippen molar-refractivity contribution in [3.8, 4) is 0 Å². The van der Waals surface area contributed by atoms with E-state index in [1.54, 1.807) is 51.1 Å².